The topological polar surface area (TPSA) is 132 Å². The Hall–Kier alpha value is -5.86. The van der Waals surface area contributed by atoms with E-state index in [1.165, 1.54) is 0 Å². The standard InChI is InChI=1S/C47H42Cl2N4O6/c1-52-41-22-34-23-42(45(54)51-40(47(56)57)21-28-6-11-31(12-7-28)32-13-8-29(25-50)9-14-32)53(36-4-2-3-5-36)26-35(34)24-43(41)59-44(46(52)55)33-15-17-37(18-16-33)58-27-30-10-19-38(48)39(49)20-30/h6-20,22,24,36,40,42,44H,2-5,21,23,26-27H2,1H3,(H,51,54)(H,56,57)/t40-,42-,44?/m0/s1. The van der Waals surface area contributed by atoms with E-state index >= 15 is 0 Å². The van der Waals surface area contributed by atoms with Crippen molar-refractivity contribution in [3.63, 3.8) is 0 Å². The summed E-state index contributed by atoms with van der Waals surface area (Å²) in [4.78, 5) is 44.4. The molecular formula is C47H42Cl2N4O6. The Morgan fingerprint density at radius 2 is 1.58 bits per heavy atom. The molecule has 1 unspecified atom stereocenters. The van der Waals surface area contributed by atoms with Gasteiger partial charge in [-0.15, -0.1) is 0 Å². The molecule has 0 bridgehead atoms. The molecule has 3 aliphatic rings. The Morgan fingerprint density at radius 3 is 2.24 bits per heavy atom. The van der Waals surface area contributed by atoms with Gasteiger partial charge in [0.1, 0.15) is 24.1 Å². The van der Waals surface area contributed by atoms with Crippen molar-refractivity contribution in [2.24, 2.45) is 0 Å². The fourth-order valence-electron chi connectivity index (χ4n) is 8.33. The third-order valence-electron chi connectivity index (χ3n) is 11.6. The van der Waals surface area contributed by atoms with Gasteiger partial charge in [-0.05, 0) is 101 Å². The van der Waals surface area contributed by atoms with E-state index in [0.29, 0.717) is 57.9 Å². The zero-order valence-corrected chi connectivity index (χ0v) is 33.9. The molecule has 0 aromatic heterocycles. The van der Waals surface area contributed by atoms with Crippen molar-refractivity contribution >= 4 is 46.7 Å². The molecule has 0 spiro atoms. The van der Waals surface area contributed by atoms with Gasteiger partial charge in [-0.2, -0.15) is 5.26 Å². The lowest BCUT2D eigenvalue weighted by atomic mass is 9.90. The first-order valence-electron chi connectivity index (χ1n) is 19.7. The smallest absolute Gasteiger partial charge is 0.326 e. The second-order valence-corrected chi connectivity index (χ2v) is 16.2. The van der Waals surface area contributed by atoms with Crippen LogP contribution in [0.15, 0.2) is 103 Å². The van der Waals surface area contributed by atoms with E-state index in [2.05, 4.69) is 16.3 Å². The molecular weight excluding hydrogens is 787 g/mol. The number of carboxylic acid groups (broad SMARTS) is 1. The van der Waals surface area contributed by atoms with E-state index in [0.717, 1.165) is 59.1 Å². The monoisotopic (exact) mass is 828 g/mol. The first-order chi connectivity index (χ1) is 28.5. The van der Waals surface area contributed by atoms with E-state index < -0.39 is 24.2 Å². The number of hydrogen-bond donors (Lipinski definition) is 2. The number of anilines is 1. The Morgan fingerprint density at radius 1 is 0.898 bits per heavy atom. The lowest BCUT2D eigenvalue weighted by molar-refractivity contribution is -0.143. The number of benzene rings is 5. The Bertz CT molecular complexity index is 2430. The summed E-state index contributed by atoms with van der Waals surface area (Å²) >= 11 is 12.2. The number of nitriles is 1. The lowest BCUT2D eigenvalue weighted by Gasteiger charge is -2.41. The van der Waals surface area contributed by atoms with Gasteiger partial charge in [-0.3, -0.25) is 14.5 Å². The second kappa shape index (κ2) is 17.2. The summed E-state index contributed by atoms with van der Waals surface area (Å²) in [5.41, 5.74) is 7.36. The molecule has 2 amide bonds. The molecule has 5 aromatic carbocycles. The first-order valence-corrected chi connectivity index (χ1v) is 20.5. The zero-order chi connectivity index (χ0) is 41.2. The predicted octanol–water partition coefficient (Wildman–Crippen LogP) is 8.69. The molecule has 0 radical (unpaired) electrons. The highest BCUT2D eigenvalue weighted by molar-refractivity contribution is 6.42. The van der Waals surface area contributed by atoms with Crippen molar-refractivity contribution in [1.29, 1.82) is 5.26 Å². The number of carbonyl (C=O) groups is 3. The molecule has 1 saturated carbocycles. The van der Waals surface area contributed by atoms with Crippen molar-refractivity contribution in [3.05, 3.63) is 147 Å². The minimum atomic E-state index is -1.13. The zero-order valence-electron chi connectivity index (χ0n) is 32.4. The molecule has 2 N–H and O–H groups in total. The molecule has 0 saturated heterocycles. The number of aliphatic carboxylic acids is 1. The molecule has 3 atom stereocenters. The van der Waals surface area contributed by atoms with Gasteiger partial charge in [0.15, 0.2) is 0 Å². The van der Waals surface area contributed by atoms with Crippen LogP contribution in [0.3, 0.4) is 0 Å². The molecule has 10 nitrogen and oxygen atoms in total. The molecule has 1 fully saturated rings. The van der Waals surface area contributed by atoms with Crippen LogP contribution >= 0.6 is 23.2 Å². The average molecular weight is 830 g/mol. The van der Waals surface area contributed by atoms with E-state index in [1.807, 2.05) is 66.7 Å². The van der Waals surface area contributed by atoms with Gasteiger partial charge in [-0.1, -0.05) is 90.6 Å². The van der Waals surface area contributed by atoms with E-state index in [9.17, 15) is 19.5 Å². The van der Waals surface area contributed by atoms with Crippen LogP contribution in [0.2, 0.25) is 10.0 Å². The highest BCUT2D eigenvalue weighted by Crippen LogP contribution is 2.43. The third kappa shape index (κ3) is 8.64. The minimum absolute atomic E-state index is 0.120. The number of fused-ring (bicyclic) bond motifs is 2. The maximum absolute atomic E-state index is 14.2. The van der Waals surface area contributed by atoms with Crippen LogP contribution in [0.4, 0.5) is 5.69 Å². The quantitative estimate of drug-likeness (QED) is 0.135. The molecule has 2 aliphatic heterocycles. The number of carbonyl (C=O) groups excluding carboxylic acids is 2. The Labute approximate surface area is 352 Å². The number of rotatable bonds is 11. The van der Waals surface area contributed by atoms with Crippen LogP contribution in [0.1, 0.15) is 65.2 Å². The van der Waals surface area contributed by atoms with E-state index in [4.69, 9.17) is 37.9 Å². The van der Waals surface area contributed by atoms with Crippen molar-refractivity contribution in [1.82, 2.24) is 10.2 Å². The van der Waals surface area contributed by atoms with Gasteiger partial charge >= 0.3 is 5.97 Å². The van der Waals surface area contributed by atoms with Gasteiger partial charge < -0.3 is 24.8 Å². The number of nitrogens with zero attached hydrogens (tertiary/aromatic N) is 3. The van der Waals surface area contributed by atoms with Gasteiger partial charge in [0, 0.05) is 31.6 Å². The molecule has 8 rings (SSSR count). The van der Waals surface area contributed by atoms with Crippen molar-refractivity contribution in [2.45, 2.75) is 75.9 Å². The molecule has 2 heterocycles. The molecule has 12 heteroatoms. The number of halogens is 2. The van der Waals surface area contributed by atoms with Gasteiger partial charge in [0.05, 0.1) is 33.4 Å². The predicted molar refractivity (Wildman–Crippen MR) is 226 cm³/mol. The molecule has 300 valence electrons. The van der Waals surface area contributed by atoms with Crippen molar-refractivity contribution in [3.8, 4) is 28.7 Å². The van der Waals surface area contributed by atoms with Crippen molar-refractivity contribution in [2.75, 3.05) is 11.9 Å². The summed E-state index contributed by atoms with van der Waals surface area (Å²) < 4.78 is 12.4. The van der Waals surface area contributed by atoms with Crippen LogP contribution in [0.25, 0.3) is 11.1 Å². The second-order valence-electron chi connectivity index (χ2n) is 15.4. The van der Waals surface area contributed by atoms with Gasteiger partial charge in [0.2, 0.25) is 12.0 Å². The first kappa shape index (κ1) is 39.9. The van der Waals surface area contributed by atoms with Crippen LogP contribution in [0.5, 0.6) is 11.5 Å². The fourth-order valence-corrected chi connectivity index (χ4v) is 8.66. The fraction of sp³-hybridized carbons (Fsp3) is 0.277. The number of carboxylic acids is 1. The summed E-state index contributed by atoms with van der Waals surface area (Å²) in [6.45, 7) is 0.796. The molecule has 1 aliphatic carbocycles. The largest absolute Gasteiger partial charge is 0.489 e. The lowest BCUT2D eigenvalue weighted by Crippen LogP contribution is -2.56. The van der Waals surface area contributed by atoms with E-state index in [-0.39, 0.29) is 24.3 Å². The number of hydrogen-bond acceptors (Lipinski definition) is 7. The third-order valence-corrected chi connectivity index (χ3v) is 12.4. The van der Waals surface area contributed by atoms with Crippen LogP contribution in [-0.4, -0.2) is 53.0 Å². The van der Waals surface area contributed by atoms with Crippen LogP contribution < -0.4 is 19.7 Å². The highest BCUT2D eigenvalue weighted by atomic mass is 35.5. The Kier molecular flexibility index (Phi) is 11.6. The maximum atomic E-state index is 14.2. The highest BCUT2D eigenvalue weighted by Gasteiger charge is 2.40. The van der Waals surface area contributed by atoms with Crippen LogP contribution in [-0.2, 0) is 40.4 Å². The number of amides is 2. The normalized spacial score (nSPS) is 18.3. The maximum Gasteiger partial charge on any atom is 0.326 e. The number of likely N-dealkylation sites (N-methyl/N-ethyl adjacent to an activating group) is 1. The summed E-state index contributed by atoms with van der Waals surface area (Å²) in [5.74, 6) is -0.451. The van der Waals surface area contributed by atoms with Crippen molar-refractivity contribution < 1.29 is 29.0 Å². The van der Waals surface area contributed by atoms with Gasteiger partial charge in [-0.25, -0.2) is 4.79 Å². The van der Waals surface area contributed by atoms with Crippen LogP contribution in [0, 0.1) is 11.3 Å². The SMILES string of the molecule is CN1C(=O)C(c2ccc(OCc3ccc(Cl)c(Cl)c3)cc2)Oc2cc3c(cc21)C[C@@H](C(=O)N[C@@H](Cc1ccc(-c2ccc(C#N)cc2)cc1)C(=O)O)N(C1CCCC1)C3. The minimum Gasteiger partial charge on any atom is -0.489 e. The number of nitrogens with one attached hydrogen (secondary N) is 1. The number of ether oxygens (including phenoxy) is 2. The average Bonchev–Trinajstić information content (AvgIpc) is 3.80. The molecule has 5 aromatic rings. The van der Waals surface area contributed by atoms with Gasteiger partial charge in [0.25, 0.3) is 5.91 Å². The van der Waals surface area contributed by atoms with E-state index in [1.54, 1.807) is 48.3 Å². The summed E-state index contributed by atoms with van der Waals surface area (Å²) in [6.07, 6.45) is 3.69. The summed E-state index contributed by atoms with van der Waals surface area (Å²) in [7, 11) is 1.73. The summed E-state index contributed by atoms with van der Waals surface area (Å²) in [5, 5.41) is 23.2. The molecule has 59 heavy (non-hydrogen) atoms. The Balaban J connectivity index is 0.971. The summed E-state index contributed by atoms with van der Waals surface area (Å²) in [6, 6.07) is 32.0.